The Balaban J connectivity index is 1.81. The van der Waals surface area contributed by atoms with Gasteiger partial charge in [-0.1, -0.05) is 17.7 Å². The minimum absolute atomic E-state index is 0.115. The highest BCUT2D eigenvalue weighted by Crippen LogP contribution is 2.36. The Morgan fingerprint density at radius 1 is 1.07 bits per heavy atom. The molecule has 1 aromatic heterocycles. The molecule has 3 rings (SSSR count). The van der Waals surface area contributed by atoms with E-state index in [-0.39, 0.29) is 5.56 Å². The van der Waals surface area contributed by atoms with Crippen LogP contribution in [0.5, 0.6) is 0 Å². The molecule has 5 nitrogen and oxygen atoms in total. The number of benzene rings is 1. The molecule has 0 saturated carbocycles. The van der Waals surface area contributed by atoms with E-state index in [9.17, 15) is 4.79 Å². The molecule has 0 unspecified atom stereocenters. The smallest absolute Gasteiger partial charge is 0.399 e. The molecule has 0 N–H and O–H groups in total. The Kier molecular flexibility index (Phi) is 5.55. The molecule has 1 aliphatic rings. The van der Waals surface area contributed by atoms with E-state index in [0.717, 1.165) is 16.6 Å². The third kappa shape index (κ3) is 4.30. The van der Waals surface area contributed by atoms with Crippen LogP contribution < -0.4 is 11.0 Å². The summed E-state index contributed by atoms with van der Waals surface area (Å²) in [6, 6.07) is 9.14. The van der Waals surface area contributed by atoms with E-state index < -0.39 is 18.3 Å². The molecule has 0 bridgehead atoms. The fraction of sp³-hybridized carbons (Fsp3) is 0.450. The molecule has 2 heterocycles. The van der Waals surface area contributed by atoms with Gasteiger partial charge in [0.15, 0.2) is 0 Å². The van der Waals surface area contributed by atoms with E-state index >= 15 is 0 Å². The van der Waals surface area contributed by atoms with Gasteiger partial charge in [0.05, 0.1) is 24.4 Å². The lowest BCUT2D eigenvalue weighted by molar-refractivity contribution is 0.00578. The molecular formula is C20H25BClNO4. The second kappa shape index (κ2) is 7.43. The minimum Gasteiger partial charge on any atom is -0.399 e. The van der Waals surface area contributed by atoms with Crippen molar-refractivity contribution in [3.05, 3.63) is 63.0 Å². The number of nitrogens with zero attached hydrogens (tertiary/aromatic N) is 1. The topological polar surface area (TPSA) is 49.7 Å². The first-order valence-electron chi connectivity index (χ1n) is 8.94. The molecule has 2 aromatic rings. The molecule has 0 spiro atoms. The molecule has 0 amide bonds. The lowest BCUT2D eigenvalue weighted by Crippen LogP contribution is -2.41. The second-order valence-electron chi connectivity index (χ2n) is 7.92. The minimum atomic E-state index is -0.545. The van der Waals surface area contributed by atoms with E-state index in [1.54, 1.807) is 23.9 Å². The molecule has 1 aromatic carbocycles. The molecule has 0 aliphatic carbocycles. The van der Waals surface area contributed by atoms with Crippen molar-refractivity contribution in [3.8, 4) is 0 Å². The monoisotopic (exact) mass is 389 g/mol. The Morgan fingerprint density at radius 2 is 1.70 bits per heavy atom. The average molecular weight is 390 g/mol. The molecule has 1 saturated heterocycles. The second-order valence-corrected chi connectivity index (χ2v) is 8.35. The summed E-state index contributed by atoms with van der Waals surface area (Å²) in [6.07, 6.45) is 1.76. The van der Waals surface area contributed by atoms with E-state index in [1.165, 1.54) is 0 Å². The van der Waals surface area contributed by atoms with Gasteiger partial charge in [-0.3, -0.25) is 4.79 Å². The molecular weight excluding hydrogens is 364 g/mol. The Hall–Kier alpha value is -1.60. The molecule has 1 aliphatic heterocycles. The molecule has 0 atom stereocenters. The molecule has 144 valence electrons. The van der Waals surface area contributed by atoms with Gasteiger partial charge >= 0.3 is 7.12 Å². The summed E-state index contributed by atoms with van der Waals surface area (Å²) in [5, 5.41) is 0.626. The molecule has 7 heteroatoms. The highest BCUT2D eigenvalue weighted by Gasteiger charge is 2.51. The molecule has 1 fully saturated rings. The van der Waals surface area contributed by atoms with Crippen molar-refractivity contribution in [2.45, 2.75) is 52.0 Å². The highest BCUT2D eigenvalue weighted by atomic mass is 35.5. The van der Waals surface area contributed by atoms with Gasteiger partial charge < -0.3 is 18.6 Å². The fourth-order valence-electron chi connectivity index (χ4n) is 3.03. The largest absolute Gasteiger partial charge is 0.495 e. The fourth-order valence-corrected chi connectivity index (χ4v) is 3.32. The van der Waals surface area contributed by atoms with Gasteiger partial charge in [0.2, 0.25) is 5.56 Å². The lowest BCUT2D eigenvalue weighted by Gasteiger charge is -2.32. The van der Waals surface area contributed by atoms with Crippen molar-refractivity contribution < 1.29 is 14.0 Å². The van der Waals surface area contributed by atoms with Gasteiger partial charge in [0.1, 0.15) is 0 Å². The van der Waals surface area contributed by atoms with Crippen LogP contribution in [0.4, 0.5) is 0 Å². The summed E-state index contributed by atoms with van der Waals surface area (Å²) in [4.78, 5) is 12.6. The van der Waals surface area contributed by atoms with Crippen LogP contribution in [0.3, 0.4) is 0 Å². The van der Waals surface area contributed by atoms with Crippen molar-refractivity contribution in [1.82, 2.24) is 4.57 Å². The average Bonchev–Trinajstić information content (AvgIpc) is 2.77. The van der Waals surface area contributed by atoms with Crippen LogP contribution in [0.25, 0.3) is 0 Å². The Labute approximate surface area is 165 Å². The van der Waals surface area contributed by atoms with Crippen molar-refractivity contribution in [2.24, 2.45) is 0 Å². The highest BCUT2D eigenvalue weighted by molar-refractivity contribution is 6.62. The normalized spacial score (nSPS) is 18.1. The van der Waals surface area contributed by atoms with E-state index in [1.807, 2.05) is 52.0 Å². The number of rotatable bonds is 5. The summed E-state index contributed by atoms with van der Waals surface area (Å²) < 4.78 is 18.8. The van der Waals surface area contributed by atoms with Gasteiger partial charge in [0.25, 0.3) is 0 Å². The quantitative estimate of drug-likeness (QED) is 0.738. The van der Waals surface area contributed by atoms with Crippen molar-refractivity contribution >= 4 is 24.2 Å². The van der Waals surface area contributed by atoms with Gasteiger partial charge in [-0.25, -0.2) is 0 Å². The first-order valence-corrected chi connectivity index (χ1v) is 9.32. The predicted octanol–water partition coefficient (Wildman–Crippen LogP) is 3.00. The standard InChI is InChI=1S/C20H25BClNO4/c1-19(2)20(3,4)27-21(26-19)16-6-7-23(18(24)11-16)12-14-8-15(13-25-5)10-17(22)9-14/h6-11H,12-13H2,1-5H3. The Bertz CT molecular complexity index is 878. The van der Waals surface area contributed by atoms with Gasteiger partial charge in [-0.05, 0) is 62.5 Å². The number of hydrogen-bond acceptors (Lipinski definition) is 4. The summed E-state index contributed by atoms with van der Waals surface area (Å²) in [5.74, 6) is 0. The van der Waals surface area contributed by atoms with Crippen LogP contribution in [0, 0.1) is 0 Å². The third-order valence-electron chi connectivity index (χ3n) is 5.23. The number of aromatic nitrogens is 1. The summed E-state index contributed by atoms with van der Waals surface area (Å²) >= 11 is 6.18. The zero-order valence-corrected chi connectivity index (χ0v) is 17.2. The summed E-state index contributed by atoms with van der Waals surface area (Å²) in [5.41, 5.74) is 1.65. The first kappa shape index (κ1) is 20.1. The maximum Gasteiger partial charge on any atom is 0.495 e. The SMILES string of the molecule is COCc1cc(Cl)cc(Cn2ccc(B3OC(C)(C)C(C)(C)O3)cc2=O)c1. The number of hydrogen-bond donors (Lipinski definition) is 0. The predicted molar refractivity (Wildman–Crippen MR) is 108 cm³/mol. The number of methoxy groups -OCH3 is 1. The van der Waals surface area contributed by atoms with Crippen molar-refractivity contribution in [2.75, 3.05) is 7.11 Å². The van der Waals surface area contributed by atoms with Crippen LogP contribution in [0.15, 0.2) is 41.3 Å². The van der Waals surface area contributed by atoms with Gasteiger partial charge in [-0.15, -0.1) is 0 Å². The summed E-state index contributed by atoms with van der Waals surface area (Å²) in [6.45, 7) is 8.87. The number of ether oxygens (including phenoxy) is 1. The molecule has 0 radical (unpaired) electrons. The van der Waals surface area contributed by atoms with E-state index in [0.29, 0.717) is 18.2 Å². The maximum atomic E-state index is 12.6. The van der Waals surface area contributed by atoms with E-state index in [2.05, 4.69) is 0 Å². The van der Waals surface area contributed by atoms with Gasteiger partial charge in [-0.2, -0.15) is 0 Å². The Morgan fingerprint density at radius 3 is 2.30 bits per heavy atom. The van der Waals surface area contributed by atoms with Crippen LogP contribution in [0.2, 0.25) is 5.02 Å². The first-order chi connectivity index (χ1) is 12.6. The van der Waals surface area contributed by atoms with Crippen molar-refractivity contribution in [3.63, 3.8) is 0 Å². The van der Waals surface area contributed by atoms with Crippen LogP contribution >= 0.6 is 11.6 Å². The number of pyridine rings is 1. The van der Waals surface area contributed by atoms with E-state index in [4.69, 9.17) is 25.6 Å². The number of halogens is 1. The van der Waals surface area contributed by atoms with Crippen LogP contribution in [0.1, 0.15) is 38.8 Å². The van der Waals surface area contributed by atoms with Crippen LogP contribution in [-0.4, -0.2) is 30.0 Å². The molecule has 27 heavy (non-hydrogen) atoms. The van der Waals surface area contributed by atoms with Gasteiger partial charge in [0, 0.05) is 24.4 Å². The summed E-state index contributed by atoms with van der Waals surface area (Å²) in [7, 11) is 1.09. The maximum absolute atomic E-state index is 12.6. The van der Waals surface area contributed by atoms with Crippen LogP contribution in [-0.2, 0) is 27.2 Å². The third-order valence-corrected chi connectivity index (χ3v) is 5.45. The lowest BCUT2D eigenvalue weighted by atomic mass is 9.80. The zero-order valence-electron chi connectivity index (χ0n) is 16.4. The zero-order chi connectivity index (χ0) is 19.8. The van der Waals surface area contributed by atoms with Crippen molar-refractivity contribution in [1.29, 1.82) is 0 Å².